The first kappa shape index (κ1) is 21.0. The molecule has 0 bridgehead atoms. The second-order valence-corrected chi connectivity index (χ2v) is 9.61. The number of rotatable bonds is 6. The molecule has 28 heavy (non-hydrogen) atoms. The molecule has 0 radical (unpaired) electrons. The van der Waals surface area contributed by atoms with Crippen molar-refractivity contribution in [1.29, 1.82) is 0 Å². The number of nitrogens with one attached hydrogen (secondary N) is 1. The van der Waals surface area contributed by atoms with Gasteiger partial charge in [0.1, 0.15) is 5.67 Å². The van der Waals surface area contributed by atoms with Crippen LogP contribution in [-0.2, 0) is 5.67 Å². The molecule has 3 rings (SSSR count). The summed E-state index contributed by atoms with van der Waals surface area (Å²) in [6, 6.07) is 13.4. The number of anilines is 1. The molecular weight excluding hydrogens is 392 g/mol. The summed E-state index contributed by atoms with van der Waals surface area (Å²) in [7, 11) is 0. The minimum absolute atomic E-state index is 0.0108. The molecule has 0 saturated heterocycles. The maximum Gasteiger partial charge on any atom is 0.130 e. The molecule has 0 spiro atoms. The van der Waals surface area contributed by atoms with Gasteiger partial charge in [0, 0.05) is 28.2 Å². The van der Waals surface area contributed by atoms with E-state index in [1.54, 1.807) is 6.07 Å². The minimum Gasteiger partial charge on any atom is -0.359 e. The molecule has 0 aliphatic heterocycles. The van der Waals surface area contributed by atoms with E-state index in [0.29, 0.717) is 10.6 Å². The number of allylic oxidation sites excluding steroid dienone is 2. The Morgan fingerprint density at radius 3 is 2.46 bits per heavy atom. The van der Waals surface area contributed by atoms with Gasteiger partial charge in [0.25, 0.3) is 0 Å². The summed E-state index contributed by atoms with van der Waals surface area (Å²) in [4.78, 5) is -0.502. The molecule has 1 aliphatic rings. The highest BCUT2D eigenvalue weighted by Gasteiger charge is 2.62. The third-order valence-electron chi connectivity index (χ3n) is 5.44. The molecule has 4 heteroatoms. The first-order valence-corrected chi connectivity index (χ1v) is 10.1. The number of benzene rings is 2. The predicted octanol–water partition coefficient (Wildman–Crippen LogP) is 7.91. The Kier molecular flexibility index (Phi) is 5.42. The molecule has 3 unspecified atom stereocenters. The lowest BCUT2D eigenvalue weighted by Gasteiger charge is -2.17. The maximum absolute atomic E-state index is 14.5. The SMILES string of the molecule is C=C(C)c1cccc(NC(=C)C2C(c3cc(Cl)cc(C(C)(C)F)c3)C2(C)Cl)c1. The second-order valence-electron chi connectivity index (χ2n) is 8.36. The van der Waals surface area contributed by atoms with Crippen molar-refractivity contribution in [3.8, 4) is 0 Å². The molecule has 1 nitrogen and oxygen atoms in total. The Bertz CT molecular complexity index is 940. The van der Waals surface area contributed by atoms with Gasteiger partial charge in [-0.05, 0) is 68.7 Å². The topological polar surface area (TPSA) is 12.0 Å². The van der Waals surface area contributed by atoms with Gasteiger partial charge in [-0.2, -0.15) is 0 Å². The van der Waals surface area contributed by atoms with Gasteiger partial charge in [-0.25, -0.2) is 4.39 Å². The first-order chi connectivity index (χ1) is 12.9. The molecule has 3 atom stereocenters. The molecule has 148 valence electrons. The third kappa shape index (κ3) is 4.14. The largest absolute Gasteiger partial charge is 0.359 e. The van der Waals surface area contributed by atoms with E-state index < -0.39 is 10.5 Å². The zero-order chi connectivity index (χ0) is 20.9. The number of alkyl halides is 2. The smallest absolute Gasteiger partial charge is 0.130 e. The summed E-state index contributed by atoms with van der Waals surface area (Å²) >= 11 is 13.1. The fourth-order valence-corrected chi connectivity index (χ4v) is 4.49. The van der Waals surface area contributed by atoms with Crippen LogP contribution < -0.4 is 5.32 Å². The molecule has 0 heterocycles. The Labute approximate surface area is 177 Å². The van der Waals surface area contributed by atoms with E-state index >= 15 is 0 Å². The van der Waals surface area contributed by atoms with Crippen molar-refractivity contribution in [2.45, 2.75) is 44.2 Å². The van der Waals surface area contributed by atoms with E-state index in [4.69, 9.17) is 23.2 Å². The Morgan fingerprint density at radius 1 is 1.18 bits per heavy atom. The summed E-state index contributed by atoms with van der Waals surface area (Å²) in [5.74, 6) is 0.0231. The highest BCUT2D eigenvalue weighted by atomic mass is 35.5. The molecular formula is C24H26Cl2FN. The lowest BCUT2D eigenvalue weighted by atomic mass is 9.96. The summed E-state index contributed by atoms with van der Waals surface area (Å²) in [6.07, 6.45) is 0. The van der Waals surface area contributed by atoms with Gasteiger partial charge in [0.05, 0.1) is 4.87 Å². The van der Waals surface area contributed by atoms with E-state index in [1.807, 2.05) is 50.2 Å². The van der Waals surface area contributed by atoms with Crippen molar-refractivity contribution in [3.05, 3.63) is 83.0 Å². The van der Waals surface area contributed by atoms with Crippen molar-refractivity contribution >= 4 is 34.5 Å². The van der Waals surface area contributed by atoms with E-state index in [1.165, 1.54) is 13.8 Å². The van der Waals surface area contributed by atoms with Crippen LogP contribution in [0.3, 0.4) is 0 Å². The summed E-state index contributed by atoms with van der Waals surface area (Å²) in [5.41, 5.74) is 3.88. The fraction of sp³-hybridized carbons (Fsp3) is 0.333. The number of hydrogen-bond donors (Lipinski definition) is 1. The van der Waals surface area contributed by atoms with Gasteiger partial charge in [0.15, 0.2) is 0 Å². The highest BCUT2D eigenvalue weighted by Crippen LogP contribution is 2.65. The Balaban J connectivity index is 1.85. The van der Waals surface area contributed by atoms with Crippen LogP contribution in [0.2, 0.25) is 5.02 Å². The molecule has 1 N–H and O–H groups in total. The van der Waals surface area contributed by atoms with E-state index in [0.717, 1.165) is 28.1 Å². The van der Waals surface area contributed by atoms with Gasteiger partial charge < -0.3 is 5.32 Å². The average Bonchev–Trinajstić information content (AvgIpc) is 3.16. The zero-order valence-electron chi connectivity index (χ0n) is 16.7. The normalized spacial score (nSPS) is 24.0. The van der Waals surface area contributed by atoms with Gasteiger partial charge in [-0.1, -0.05) is 48.5 Å². The van der Waals surface area contributed by atoms with Crippen molar-refractivity contribution < 1.29 is 4.39 Å². The second kappa shape index (κ2) is 7.24. The van der Waals surface area contributed by atoms with Crippen molar-refractivity contribution in [1.82, 2.24) is 0 Å². The van der Waals surface area contributed by atoms with Crippen LogP contribution in [0, 0.1) is 5.92 Å². The number of halogens is 3. The van der Waals surface area contributed by atoms with Gasteiger partial charge >= 0.3 is 0 Å². The monoisotopic (exact) mass is 417 g/mol. The van der Waals surface area contributed by atoms with Crippen molar-refractivity contribution in [2.75, 3.05) is 5.32 Å². The van der Waals surface area contributed by atoms with Crippen LogP contribution in [0.4, 0.5) is 10.1 Å². The Hall–Kier alpha value is -1.77. The number of hydrogen-bond acceptors (Lipinski definition) is 1. The van der Waals surface area contributed by atoms with Gasteiger partial charge in [0.2, 0.25) is 0 Å². The summed E-state index contributed by atoms with van der Waals surface area (Å²) in [5, 5.41) is 3.90. The van der Waals surface area contributed by atoms with Crippen LogP contribution in [0.1, 0.15) is 50.3 Å². The fourth-order valence-electron chi connectivity index (χ4n) is 3.80. The lowest BCUT2D eigenvalue weighted by molar-refractivity contribution is 0.221. The van der Waals surface area contributed by atoms with E-state index in [2.05, 4.69) is 18.5 Å². The van der Waals surface area contributed by atoms with Crippen LogP contribution in [0.5, 0.6) is 0 Å². The summed E-state index contributed by atoms with van der Waals surface area (Å²) in [6.45, 7) is 15.2. The highest BCUT2D eigenvalue weighted by molar-refractivity contribution is 6.31. The molecule has 1 saturated carbocycles. The standard InChI is InChI=1S/C24H26Cl2FN/c1-14(2)16-8-7-9-20(12-16)28-15(3)21-22(24(21,6)26)17-10-18(23(4,5)27)13-19(25)11-17/h7-13,21-22,28H,1,3H2,2,4-6H3. The van der Waals surface area contributed by atoms with E-state index in [9.17, 15) is 4.39 Å². The molecule has 2 aromatic carbocycles. The minimum atomic E-state index is -1.47. The average molecular weight is 418 g/mol. The van der Waals surface area contributed by atoms with Crippen LogP contribution >= 0.6 is 23.2 Å². The van der Waals surface area contributed by atoms with Crippen molar-refractivity contribution in [3.63, 3.8) is 0 Å². The molecule has 1 aliphatic carbocycles. The van der Waals surface area contributed by atoms with Gasteiger partial charge in [-0.3, -0.25) is 0 Å². The van der Waals surface area contributed by atoms with Gasteiger partial charge in [-0.15, -0.1) is 11.6 Å². The molecule has 0 amide bonds. The predicted molar refractivity (Wildman–Crippen MR) is 120 cm³/mol. The Morgan fingerprint density at radius 2 is 1.86 bits per heavy atom. The zero-order valence-corrected chi connectivity index (χ0v) is 18.3. The molecule has 0 aromatic heterocycles. The lowest BCUT2D eigenvalue weighted by Crippen LogP contribution is -2.09. The van der Waals surface area contributed by atoms with Crippen LogP contribution in [-0.4, -0.2) is 4.87 Å². The van der Waals surface area contributed by atoms with Crippen LogP contribution in [0.25, 0.3) is 5.57 Å². The maximum atomic E-state index is 14.5. The van der Waals surface area contributed by atoms with Crippen LogP contribution in [0.15, 0.2) is 61.3 Å². The van der Waals surface area contributed by atoms with Crippen molar-refractivity contribution in [2.24, 2.45) is 5.92 Å². The van der Waals surface area contributed by atoms with E-state index in [-0.39, 0.29) is 11.8 Å². The summed E-state index contributed by atoms with van der Waals surface area (Å²) < 4.78 is 14.5. The third-order valence-corrected chi connectivity index (χ3v) is 6.13. The molecule has 1 fully saturated rings. The molecule has 2 aromatic rings. The quantitative estimate of drug-likeness (QED) is 0.470. The first-order valence-electron chi connectivity index (χ1n) is 9.32.